The molecular weight excluding hydrogens is 555 g/mol. The number of carbonyl (C=O) groups excluding carboxylic acids is 1. The fourth-order valence-corrected chi connectivity index (χ4v) is 5.56. The zero-order chi connectivity index (χ0) is 29.8. The van der Waals surface area contributed by atoms with E-state index in [4.69, 9.17) is 23.2 Å². The first-order chi connectivity index (χ1) is 19.9. The molecule has 214 valence electrons. The van der Waals surface area contributed by atoms with Gasteiger partial charge in [-0.1, -0.05) is 49.2 Å². The van der Waals surface area contributed by atoms with Gasteiger partial charge in [0.05, 0.1) is 38.9 Å². The summed E-state index contributed by atoms with van der Waals surface area (Å²) in [5.74, 6) is -0.295. The number of benzene rings is 2. The summed E-state index contributed by atoms with van der Waals surface area (Å²) in [4.78, 5) is 21.3. The van der Waals surface area contributed by atoms with E-state index in [9.17, 15) is 15.3 Å². The topological polar surface area (TPSA) is 96.1 Å². The number of nitrogens with one attached hydrogen (secondary N) is 1. The van der Waals surface area contributed by atoms with Crippen LogP contribution in [-0.4, -0.2) is 47.5 Å². The van der Waals surface area contributed by atoms with Crippen LogP contribution in [0.2, 0.25) is 10.0 Å². The quantitative estimate of drug-likeness (QED) is 0.293. The van der Waals surface area contributed by atoms with E-state index in [2.05, 4.69) is 45.2 Å². The Hall–Kier alpha value is -3.62. The molecule has 1 aliphatic heterocycles. The van der Waals surface area contributed by atoms with Crippen LogP contribution < -0.4 is 10.2 Å². The Morgan fingerprint density at radius 2 is 1.68 bits per heavy atom. The smallest absolute Gasteiger partial charge is 0.254 e. The molecule has 1 atom stereocenters. The van der Waals surface area contributed by atoms with Crippen molar-refractivity contribution in [3.63, 3.8) is 0 Å². The van der Waals surface area contributed by atoms with E-state index in [1.54, 1.807) is 0 Å². The molecule has 1 aromatic heterocycles. The number of nitriles is 2. The number of carbonyl (C=O) groups is 1. The standard InChI is InChI=1S/C30H30Cl2N6O.C2H6/c1-21(9-12-36-30(39)29-27(31)18-35-19-28(29)32)37-13-10-26(11-14-37)38(25-7-5-22(16-33)6-8-25)20-24-4-2-3-23(15-24)17-34;1-2/h2-8,15,18-19,21,26H,9-14,20H2,1H3,(H,36,39);1-2H3. The van der Waals surface area contributed by atoms with Gasteiger partial charge in [0.2, 0.25) is 0 Å². The van der Waals surface area contributed by atoms with Crippen LogP contribution in [0.4, 0.5) is 5.69 Å². The number of rotatable bonds is 9. The van der Waals surface area contributed by atoms with Gasteiger partial charge in [-0.25, -0.2) is 0 Å². The fourth-order valence-electron chi connectivity index (χ4n) is 5.03. The molecule has 1 aliphatic rings. The van der Waals surface area contributed by atoms with Crippen molar-refractivity contribution in [1.82, 2.24) is 15.2 Å². The van der Waals surface area contributed by atoms with Gasteiger partial charge in [0.15, 0.2) is 0 Å². The third kappa shape index (κ3) is 8.68. The second kappa shape index (κ2) is 16.0. The maximum absolute atomic E-state index is 12.6. The number of likely N-dealkylation sites (tertiary alicyclic amines) is 1. The molecule has 0 radical (unpaired) electrons. The van der Waals surface area contributed by atoms with Crippen LogP contribution in [-0.2, 0) is 6.54 Å². The maximum Gasteiger partial charge on any atom is 0.254 e. The molecule has 7 nitrogen and oxygen atoms in total. The predicted molar refractivity (Wildman–Crippen MR) is 165 cm³/mol. The lowest BCUT2D eigenvalue weighted by molar-refractivity contribution is 0.0945. The van der Waals surface area contributed by atoms with E-state index in [1.807, 2.05) is 56.3 Å². The summed E-state index contributed by atoms with van der Waals surface area (Å²) >= 11 is 12.2. The van der Waals surface area contributed by atoms with E-state index < -0.39 is 0 Å². The number of amides is 1. The Labute approximate surface area is 253 Å². The minimum Gasteiger partial charge on any atom is -0.364 e. The van der Waals surface area contributed by atoms with Gasteiger partial charge in [0.1, 0.15) is 0 Å². The molecule has 2 heterocycles. The Morgan fingerprint density at radius 1 is 1.05 bits per heavy atom. The van der Waals surface area contributed by atoms with Crippen molar-refractivity contribution < 1.29 is 4.79 Å². The fraction of sp³-hybridized carbons (Fsp3) is 0.375. The average molecular weight is 592 g/mol. The molecule has 1 fully saturated rings. The molecule has 2 aromatic carbocycles. The molecule has 1 saturated heterocycles. The second-order valence-corrected chi connectivity index (χ2v) is 10.6. The summed E-state index contributed by atoms with van der Waals surface area (Å²) in [6.45, 7) is 9.26. The highest BCUT2D eigenvalue weighted by Crippen LogP contribution is 2.28. The third-order valence-electron chi connectivity index (χ3n) is 7.23. The number of halogens is 2. The van der Waals surface area contributed by atoms with Crippen molar-refractivity contribution in [2.45, 2.75) is 58.7 Å². The summed E-state index contributed by atoms with van der Waals surface area (Å²) < 4.78 is 0. The van der Waals surface area contributed by atoms with Crippen molar-refractivity contribution in [2.75, 3.05) is 24.5 Å². The Kier molecular flexibility index (Phi) is 12.4. The van der Waals surface area contributed by atoms with Crippen molar-refractivity contribution >= 4 is 34.8 Å². The van der Waals surface area contributed by atoms with Crippen LogP contribution in [0.5, 0.6) is 0 Å². The van der Waals surface area contributed by atoms with Gasteiger partial charge in [-0.2, -0.15) is 10.5 Å². The minimum atomic E-state index is -0.295. The number of aromatic nitrogens is 1. The largest absolute Gasteiger partial charge is 0.364 e. The van der Waals surface area contributed by atoms with Gasteiger partial charge in [0.25, 0.3) is 5.91 Å². The molecule has 9 heteroatoms. The Balaban J connectivity index is 0.00000226. The lowest BCUT2D eigenvalue weighted by Gasteiger charge is -2.42. The number of piperidine rings is 1. The number of pyridine rings is 1. The summed E-state index contributed by atoms with van der Waals surface area (Å²) in [5, 5.41) is 22.0. The van der Waals surface area contributed by atoms with Crippen LogP contribution >= 0.6 is 23.2 Å². The third-order valence-corrected chi connectivity index (χ3v) is 7.80. The maximum atomic E-state index is 12.6. The van der Waals surface area contributed by atoms with Crippen molar-refractivity contribution in [1.29, 1.82) is 10.5 Å². The number of hydrogen-bond donors (Lipinski definition) is 1. The Bertz CT molecular complexity index is 1350. The molecular formula is C32H36Cl2N6O. The van der Waals surface area contributed by atoms with E-state index in [0.717, 1.165) is 43.6 Å². The zero-order valence-corrected chi connectivity index (χ0v) is 25.3. The molecule has 4 rings (SSSR count). The number of nitrogens with zero attached hydrogens (tertiary/aromatic N) is 5. The van der Waals surface area contributed by atoms with Crippen LogP contribution in [0.1, 0.15) is 67.1 Å². The lowest BCUT2D eigenvalue weighted by Crippen LogP contribution is -2.48. The molecule has 41 heavy (non-hydrogen) atoms. The van der Waals surface area contributed by atoms with Crippen LogP contribution in [0, 0.1) is 22.7 Å². The van der Waals surface area contributed by atoms with Gasteiger partial charge in [-0.05, 0) is 68.1 Å². The van der Waals surface area contributed by atoms with E-state index in [-0.39, 0.29) is 21.5 Å². The van der Waals surface area contributed by atoms with Crippen molar-refractivity contribution in [2.24, 2.45) is 0 Å². The van der Waals surface area contributed by atoms with Gasteiger partial charge >= 0.3 is 0 Å². The van der Waals surface area contributed by atoms with Gasteiger partial charge in [-0.15, -0.1) is 0 Å². The molecule has 0 spiro atoms. The molecule has 1 amide bonds. The second-order valence-electron chi connectivity index (χ2n) is 9.74. The number of anilines is 1. The van der Waals surface area contributed by atoms with Crippen LogP contribution in [0.3, 0.4) is 0 Å². The highest BCUT2D eigenvalue weighted by atomic mass is 35.5. The van der Waals surface area contributed by atoms with Crippen molar-refractivity contribution in [3.8, 4) is 12.1 Å². The SMILES string of the molecule is CC.CC(CCNC(=O)c1c(Cl)cncc1Cl)N1CCC(N(Cc2cccc(C#N)c2)c2ccc(C#N)cc2)CC1. The first kappa shape index (κ1) is 31.9. The number of hydrogen-bond acceptors (Lipinski definition) is 6. The molecule has 3 aromatic rings. The molecule has 0 saturated carbocycles. The monoisotopic (exact) mass is 590 g/mol. The van der Waals surface area contributed by atoms with Gasteiger partial charge in [-0.3, -0.25) is 9.78 Å². The Morgan fingerprint density at radius 3 is 2.29 bits per heavy atom. The zero-order valence-electron chi connectivity index (χ0n) is 23.8. The van der Waals surface area contributed by atoms with Crippen molar-refractivity contribution in [3.05, 3.63) is 93.2 Å². The molecule has 1 N–H and O–H groups in total. The summed E-state index contributed by atoms with van der Waals surface area (Å²) in [6.07, 6.45) is 5.60. The summed E-state index contributed by atoms with van der Waals surface area (Å²) in [5.41, 5.74) is 3.69. The van der Waals surface area contributed by atoms with E-state index in [1.165, 1.54) is 12.4 Å². The lowest BCUT2D eigenvalue weighted by atomic mass is 9.99. The summed E-state index contributed by atoms with van der Waals surface area (Å²) in [6, 6.07) is 20.5. The highest BCUT2D eigenvalue weighted by molar-refractivity contribution is 6.39. The first-order valence-electron chi connectivity index (χ1n) is 14.0. The highest BCUT2D eigenvalue weighted by Gasteiger charge is 2.27. The van der Waals surface area contributed by atoms with Crippen LogP contribution in [0.15, 0.2) is 60.9 Å². The predicted octanol–water partition coefficient (Wildman–Crippen LogP) is 6.84. The molecule has 1 unspecified atom stereocenters. The normalized spacial score (nSPS) is 14.1. The van der Waals surface area contributed by atoms with E-state index >= 15 is 0 Å². The first-order valence-corrected chi connectivity index (χ1v) is 14.7. The molecule has 0 bridgehead atoms. The average Bonchev–Trinajstić information content (AvgIpc) is 3.01. The van der Waals surface area contributed by atoms with Gasteiger partial charge < -0.3 is 15.1 Å². The minimum absolute atomic E-state index is 0.237. The molecule has 0 aliphatic carbocycles. The van der Waals surface area contributed by atoms with Gasteiger partial charge in [0, 0.05) is 56.3 Å². The summed E-state index contributed by atoms with van der Waals surface area (Å²) in [7, 11) is 0. The van der Waals surface area contributed by atoms with Crippen LogP contribution in [0.25, 0.3) is 0 Å². The van der Waals surface area contributed by atoms with E-state index in [0.29, 0.717) is 36.3 Å².